The van der Waals surface area contributed by atoms with E-state index in [9.17, 15) is 0 Å². The van der Waals surface area contributed by atoms with Crippen LogP contribution in [-0.4, -0.2) is 27.2 Å². The molecular formula is C20H27BrN2O2. The topological polar surface area (TPSA) is 42.5 Å². The van der Waals surface area contributed by atoms with E-state index >= 15 is 0 Å². The maximum absolute atomic E-state index is 5.96. The normalized spacial score (nSPS) is 10.7. The summed E-state index contributed by atoms with van der Waals surface area (Å²) in [7, 11) is 3.64. The van der Waals surface area contributed by atoms with E-state index in [0.29, 0.717) is 6.61 Å². The van der Waals surface area contributed by atoms with Gasteiger partial charge in [-0.05, 0) is 56.7 Å². The third kappa shape index (κ3) is 6.34. The molecule has 0 unspecified atom stereocenters. The van der Waals surface area contributed by atoms with Crippen LogP contribution in [0.4, 0.5) is 0 Å². The molecule has 5 heteroatoms. The van der Waals surface area contributed by atoms with Gasteiger partial charge < -0.3 is 20.1 Å². The Morgan fingerprint density at radius 2 is 1.80 bits per heavy atom. The molecule has 0 aliphatic carbocycles. The zero-order valence-corrected chi connectivity index (χ0v) is 16.8. The molecule has 4 nitrogen and oxygen atoms in total. The molecule has 136 valence electrons. The highest BCUT2D eigenvalue weighted by atomic mass is 79.9. The van der Waals surface area contributed by atoms with Crippen molar-refractivity contribution in [3.63, 3.8) is 0 Å². The minimum atomic E-state index is 0.519. The van der Waals surface area contributed by atoms with Crippen molar-refractivity contribution in [2.75, 3.05) is 27.2 Å². The largest absolute Gasteiger partial charge is 0.493 e. The predicted octanol–water partition coefficient (Wildman–Crippen LogP) is 4.04. The van der Waals surface area contributed by atoms with Crippen LogP contribution in [0.3, 0.4) is 0 Å². The van der Waals surface area contributed by atoms with E-state index in [0.717, 1.165) is 53.2 Å². The van der Waals surface area contributed by atoms with Crippen molar-refractivity contribution in [3.05, 3.63) is 57.6 Å². The highest BCUT2D eigenvalue weighted by Crippen LogP contribution is 2.34. The highest BCUT2D eigenvalue weighted by Gasteiger charge is 2.10. The molecule has 0 aliphatic heterocycles. The van der Waals surface area contributed by atoms with E-state index in [-0.39, 0.29) is 0 Å². The van der Waals surface area contributed by atoms with Gasteiger partial charge in [0, 0.05) is 11.0 Å². The third-order valence-corrected chi connectivity index (χ3v) is 4.68. The maximum Gasteiger partial charge on any atom is 0.162 e. The molecule has 0 amide bonds. The highest BCUT2D eigenvalue weighted by molar-refractivity contribution is 9.10. The second-order valence-electron chi connectivity index (χ2n) is 6.00. The van der Waals surface area contributed by atoms with Crippen molar-refractivity contribution in [3.8, 4) is 11.5 Å². The second-order valence-corrected chi connectivity index (χ2v) is 6.86. The molecule has 0 aliphatic rings. The first-order chi connectivity index (χ1) is 12.1. The van der Waals surface area contributed by atoms with Gasteiger partial charge in [0.05, 0.1) is 7.11 Å². The lowest BCUT2D eigenvalue weighted by atomic mass is 10.1. The van der Waals surface area contributed by atoms with Crippen LogP contribution in [0.1, 0.15) is 23.1 Å². The zero-order chi connectivity index (χ0) is 18.1. The van der Waals surface area contributed by atoms with Crippen LogP contribution in [0.15, 0.2) is 40.9 Å². The van der Waals surface area contributed by atoms with Gasteiger partial charge in [-0.2, -0.15) is 0 Å². The van der Waals surface area contributed by atoms with Crippen molar-refractivity contribution in [1.29, 1.82) is 0 Å². The molecular weight excluding hydrogens is 380 g/mol. The number of rotatable bonds is 10. The summed E-state index contributed by atoms with van der Waals surface area (Å²) in [4.78, 5) is 0. The number of hydrogen-bond acceptors (Lipinski definition) is 4. The van der Waals surface area contributed by atoms with Gasteiger partial charge in [0.25, 0.3) is 0 Å². The number of ether oxygens (including phenoxy) is 2. The monoisotopic (exact) mass is 406 g/mol. The first-order valence-corrected chi connectivity index (χ1v) is 9.33. The summed E-state index contributed by atoms with van der Waals surface area (Å²) in [5, 5.41) is 6.59. The number of nitrogens with one attached hydrogen (secondary N) is 2. The van der Waals surface area contributed by atoms with Crippen molar-refractivity contribution in [2.45, 2.75) is 26.5 Å². The Morgan fingerprint density at radius 3 is 2.48 bits per heavy atom. The van der Waals surface area contributed by atoms with Crippen LogP contribution in [0.25, 0.3) is 0 Å². The lowest BCUT2D eigenvalue weighted by molar-refractivity contribution is 0.284. The van der Waals surface area contributed by atoms with E-state index in [1.807, 2.05) is 19.2 Å². The molecule has 0 aromatic heterocycles. The summed E-state index contributed by atoms with van der Waals surface area (Å²) in [5.41, 5.74) is 3.54. The molecule has 0 spiro atoms. The zero-order valence-electron chi connectivity index (χ0n) is 15.2. The SMILES string of the molecule is CNCCCNCc1cc(OC)c(OCc2ccc(C)cc2)cc1Br. The number of benzene rings is 2. The van der Waals surface area contributed by atoms with Crippen LogP contribution >= 0.6 is 15.9 Å². The van der Waals surface area contributed by atoms with Crippen LogP contribution < -0.4 is 20.1 Å². The van der Waals surface area contributed by atoms with Crippen LogP contribution in [-0.2, 0) is 13.2 Å². The van der Waals surface area contributed by atoms with E-state index in [1.165, 1.54) is 5.56 Å². The Morgan fingerprint density at radius 1 is 1.04 bits per heavy atom. The van der Waals surface area contributed by atoms with Crippen molar-refractivity contribution < 1.29 is 9.47 Å². The Labute approximate surface area is 159 Å². The Hall–Kier alpha value is -1.56. The summed E-state index contributed by atoms with van der Waals surface area (Å²) in [6, 6.07) is 12.4. The number of hydrogen-bond donors (Lipinski definition) is 2. The molecule has 0 heterocycles. The van der Waals surface area contributed by atoms with Gasteiger partial charge in [-0.1, -0.05) is 45.8 Å². The van der Waals surface area contributed by atoms with Gasteiger partial charge in [-0.3, -0.25) is 0 Å². The molecule has 2 aromatic rings. The van der Waals surface area contributed by atoms with E-state index < -0.39 is 0 Å². The summed E-state index contributed by atoms with van der Waals surface area (Å²) in [6.45, 7) is 5.38. The van der Waals surface area contributed by atoms with Gasteiger partial charge in [0.2, 0.25) is 0 Å². The van der Waals surface area contributed by atoms with Gasteiger partial charge in [0.1, 0.15) is 6.61 Å². The number of methoxy groups -OCH3 is 1. The van der Waals surface area contributed by atoms with E-state index in [1.54, 1.807) is 7.11 Å². The molecule has 0 bridgehead atoms. The van der Waals surface area contributed by atoms with Crippen LogP contribution in [0, 0.1) is 6.92 Å². The second kappa shape index (κ2) is 10.4. The summed E-state index contributed by atoms with van der Waals surface area (Å²) in [6.07, 6.45) is 1.10. The fourth-order valence-electron chi connectivity index (χ4n) is 2.44. The lowest BCUT2D eigenvalue weighted by Gasteiger charge is -2.14. The fourth-order valence-corrected chi connectivity index (χ4v) is 2.91. The van der Waals surface area contributed by atoms with Crippen molar-refractivity contribution >= 4 is 15.9 Å². The van der Waals surface area contributed by atoms with E-state index in [4.69, 9.17) is 9.47 Å². The quantitative estimate of drug-likeness (QED) is 0.584. The molecule has 25 heavy (non-hydrogen) atoms. The molecule has 0 saturated heterocycles. The molecule has 0 saturated carbocycles. The molecule has 2 aromatic carbocycles. The van der Waals surface area contributed by atoms with Crippen molar-refractivity contribution in [2.24, 2.45) is 0 Å². The third-order valence-electron chi connectivity index (χ3n) is 3.94. The first-order valence-electron chi connectivity index (χ1n) is 8.54. The van der Waals surface area contributed by atoms with Crippen LogP contribution in [0.2, 0.25) is 0 Å². The van der Waals surface area contributed by atoms with Gasteiger partial charge in [-0.25, -0.2) is 0 Å². The average molecular weight is 407 g/mol. The van der Waals surface area contributed by atoms with Gasteiger partial charge in [0.15, 0.2) is 11.5 Å². The standard InChI is InChI=1S/C20H27BrN2O2/c1-15-5-7-16(8-6-15)14-25-20-12-18(21)17(11-19(20)24-3)13-23-10-4-9-22-2/h5-8,11-12,22-23H,4,9-10,13-14H2,1-3H3. The molecule has 2 N–H and O–H groups in total. The minimum absolute atomic E-state index is 0.519. The average Bonchev–Trinajstić information content (AvgIpc) is 2.62. The Kier molecular flexibility index (Phi) is 8.25. The summed E-state index contributed by atoms with van der Waals surface area (Å²) < 4.78 is 12.5. The Bertz CT molecular complexity index is 659. The first kappa shape index (κ1) is 19.8. The molecule has 0 radical (unpaired) electrons. The van der Waals surface area contributed by atoms with Gasteiger partial charge >= 0.3 is 0 Å². The summed E-state index contributed by atoms with van der Waals surface area (Å²) >= 11 is 3.64. The van der Waals surface area contributed by atoms with Gasteiger partial charge in [-0.15, -0.1) is 0 Å². The molecule has 2 rings (SSSR count). The molecule has 0 fully saturated rings. The number of aryl methyl sites for hydroxylation is 1. The Balaban J connectivity index is 1.98. The number of halogens is 1. The lowest BCUT2D eigenvalue weighted by Crippen LogP contribution is -2.19. The maximum atomic E-state index is 5.96. The summed E-state index contributed by atoms with van der Waals surface area (Å²) in [5.74, 6) is 1.50. The van der Waals surface area contributed by atoms with Crippen LogP contribution in [0.5, 0.6) is 11.5 Å². The van der Waals surface area contributed by atoms with E-state index in [2.05, 4.69) is 57.8 Å². The predicted molar refractivity (Wildman–Crippen MR) is 106 cm³/mol. The molecule has 0 atom stereocenters. The smallest absolute Gasteiger partial charge is 0.162 e. The minimum Gasteiger partial charge on any atom is -0.493 e. The van der Waals surface area contributed by atoms with Crippen molar-refractivity contribution in [1.82, 2.24) is 10.6 Å². The fraction of sp³-hybridized carbons (Fsp3) is 0.400.